The number of pyridine rings is 1. The molecule has 20 heavy (non-hydrogen) atoms. The average Bonchev–Trinajstić information content (AvgIpc) is 3.21. The molecule has 1 amide bonds. The van der Waals surface area contributed by atoms with Crippen molar-refractivity contribution in [1.29, 1.82) is 0 Å². The summed E-state index contributed by atoms with van der Waals surface area (Å²) in [5.41, 5.74) is 1.49. The number of rotatable bonds is 3. The second-order valence-corrected chi connectivity index (χ2v) is 5.64. The van der Waals surface area contributed by atoms with Crippen LogP contribution >= 0.6 is 11.6 Å². The van der Waals surface area contributed by atoms with Gasteiger partial charge in [-0.05, 0) is 49.1 Å². The van der Waals surface area contributed by atoms with Crippen LogP contribution in [-0.2, 0) is 10.2 Å². The molecule has 1 N–H and O–H groups in total. The summed E-state index contributed by atoms with van der Waals surface area (Å²) < 4.78 is 0. The number of nitrogens with zero attached hydrogens (tertiary/aromatic N) is 1. The van der Waals surface area contributed by atoms with Crippen LogP contribution in [0.2, 0.25) is 5.02 Å². The maximum atomic E-state index is 12.6. The van der Waals surface area contributed by atoms with Gasteiger partial charge in [-0.25, -0.2) is 4.98 Å². The molecule has 1 aliphatic carbocycles. The molecule has 3 rings (SSSR count). The molecule has 0 radical (unpaired) electrons. The van der Waals surface area contributed by atoms with Crippen molar-refractivity contribution in [2.75, 3.05) is 5.32 Å². The van der Waals surface area contributed by atoms with Crippen molar-refractivity contribution in [2.45, 2.75) is 25.2 Å². The van der Waals surface area contributed by atoms with E-state index in [2.05, 4.69) is 10.3 Å². The van der Waals surface area contributed by atoms with Gasteiger partial charge in [-0.2, -0.15) is 0 Å². The lowest BCUT2D eigenvalue weighted by molar-refractivity contribution is -0.118. The lowest BCUT2D eigenvalue weighted by atomic mass is 9.95. The van der Waals surface area contributed by atoms with Gasteiger partial charge in [0.15, 0.2) is 0 Å². The average molecular weight is 287 g/mol. The lowest BCUT2D eigenvalue weighted by Crippen LogP contribution is -2.28. The number of carbonyl (C=O) groups is 1. The number of anilines is 1. The third-order valence-corrected chi connectivity index (χ3v) is 4.06. The first-order valence-electron chi connectivity index (χ1n) is 6.61. The second-order valence-electron chi connectivity index (χ2n) is 5.23. The van der Waals surface area contributed by atoms with Crippen LogP contribution in [0.5, 0.6) is 0 Å². The number of benzene rings is 1. The monoisotopic (exact) mass is 286 g/mol. The van der Waals surface area contributed by atoms with Crippen molar-refractivity contribution in [2.24, 2.45) is 0 Å². The number of hydrogen-bond donors (Lipinski definition) is 1. The number of amides is 1. The highest BCUT2D eigenvalue weighted by Gasteiger charge is 2.52. The van der Waals surface area contributed by atoms with Crippen molar-refractivity contribution in [1.82, 2.24) is 4.98 Å². The molecule has 0 aliphatic heterocycles. The molecule has 1 saturated carbocycles. The van der Waals surface area contributed by atoms with Gasteiger partial charge < -0.3 is 5.32 Å². The summed E-state index contributed by atoms with van der Waals surface area (Å²) in [6, 6.07) is 11.3. The topological polar surface area (TPSA) is 42.0 Å². The number of aromatic nitrogens is 1. The molecule has 1 aromatic carbocycles. The van der Waals surface area contributed by atoms with Gasteiger partial charge in [-0.3, -0.25) is 4.79 Å². The number of carbonyl (C=O) groups excluding carboxylic acids is 1. The molecule has 3 nitrogen and oxygen atoms in total. The summed E-state index contributed by atoms with van der Waals surface area (Å²) in [5, 5.41) is 3.55. The van der Waals surface area contributed by atoms with Crippen LogP contribution in [0.4, 0.5) is 5.82 Å². The highest BCUT2D eigenvalue weighted by atomic mass is 35.5. The van der Waals surface area contributed by atoms with E-state index in [0.29, 0.717) is 10.8 Å². The third-order valence-electron chi connectivity index (χ3n) is 3.73. The molecule has 0 spiro atoms. The molecule has 1 aliphatic rings. The van der Waals surface area contributed by atoms with Crippen molar-refractivity contribution < 1.29 is 4.79 Å². The Morgan fingerprint density at radius 2 is 2.05 bits per heavy atom. The Bertz CT molecular complexity index is 665. The summed E-state index contributed by atoms with van der Waals surface area (Å²) in [4.78, 5) is 16.7. The molecular weight excluding hydrogens is 272 g/mol. The molecule has 0 saturated heterocycles. The molecule has 2 aromatic rings. The van der Waals surface area contributed by atoms with E-state index < -0.39 is 5.41 Å². The van der Waals surface area contributed by atoms with Gasteiger partial charge in [0.05, 0.1) is 5.41 Å². The maximum absolute atomic E-state index is 12.6. The molecule has 1 heterocycles. The van der Waals surface area contributed by atoms with Crippen LogP contribution in [0.3, 0.4) is 0 Å². The van der Waals surface area contributed by atoms with Gasteiger partial charge in [-0.15, -0.1) is 0 Å². The predicted molar refractivity (Wildman–Crippen MR) is 80.0 cm³/mol. The van der Waals surface area contributed by atoms with E-state index in [0.717, 1.165) is 24.0 Å². The van der Waals surface area contributed by atoms with E-state index in [-0.39, 0.29) is 5.91 Å². The number of hydrogen-bond acceptors (Lipinski definition) is 2. The summed E-state index contributed by atoms with van der Waals surface area (Å²) in [5.74, 6) is 0.567. The van der Waals surface area contributed by atoms with Crippen LogP contribution < -0.4 is 5.32 Å². The zero-order valence-electron chi connectivity index (χ0n) is 11.2. The predicted octanol–water partition coefficient (Wildman–Crippen LogP) is 3.71. The number of nitrogens with one attached hydrogen (secondary N) is 1. The zero-order chi connectivity index (χ0) is 14.2. The summed E-state index contributed by atoms with van der Waals surface area (Å²) in [6.07, 6.45) is 3.35. The Balaban J connectivity index is 1.86. The van der Waals surface area contributed by atoms with Crippen LogP contribution in [0.1, 0.15) is 24.0 Å². The van der Waals surface area contributed by atoms with E-state index in [1.807, 2.05) is 43.3 Å². The number of aryl methyl sites for hydroxylation is 1. The molecule has 1 aromatic heterocycles. The number of halogens is 1. The molecule has 0 unspecified atom stereocenters. The molecule has 102 valence electrons. The third kappa shape index (κ3) is 2.29. The largest absolute Gasteiger partial charge is 0.310 e. The van der Waals surface area contributed by atoms with Gasteiger partial charge in [0.25, 0.3) is 0 Å². The van der Waals surface area contributed by atoms with Crippen molar-refractivity contribution in [3.8, 4) is 0 Å². The van der Waals surface area contributed by atoms with Gasteiger partial charge in [0.2, 0.25) is 5.91 Å². The minimum Gasteiger partial charge on any atom is -0.310 e. The Morgan fingerprint density at radius 1 is 1.30 bits per heavy atom. The fourth-order valence-electron chi connectivity index (χ4n) is 2.43. The van der Waals surface area contributed by atoms with E-state index in [1.54, 1.807) is 6.20 Å². The van der Waals surface area contributed by atoms with Crippen molar-refractivity contribution in [3.63, 3.8) is 0 Å². The quantitative estimate of drug-likeness (QED) is 0.934. The summed E-state index contributed by atoms with van der Waals surface area (Å²) in [6.45, 7) is 1.97. The SMILES string of the molecule is Cc1ccnc(NC(=O)C2(c3ccccc3Cl)CC2)c1. The summed E-state index contributed by atoms with van der Waals surface area (Å²) in [7, 11) is 0. The van der Waals surface area contributed by atoms with Crippen molar-refractivity contribution >= 4 is 23.3 Å². The van der Waals surface area contributed by atoms with Crippen LogP contribution in [0, 0.1) is 6.92 Å². The fourth-order valence-corrected chi connectivity index (χ4v) is 2.75. The van der Waals surface area contributed by atoms with Gasteiger partial charge in [-0.1, -0.05) is 29.8 Å². The van der Waals surface area contributed by atoms with Gasteiger partial charge >= 0.3 is 0 Å². The first kappa shape index (κ1) is 13.1. The van der Waals surface area contributed by atoms with E-state index in [4.69, 9.17) is 11.6 Å². The highest BCUT2D eigenvalue weighted by molar-refractivity contribution is 6.32. The normalized spacial score (nSPS) is 15.7. The van der Waals surface area contributed by atoms with Crippen molar-refractivity contribution in [3.05, 3.63) is 58.7 Å². The van der Waals surface area contributed by atoms with Gasteiger partial charge in [0, 0.05) is 11.2 Å². The molecule has 0 atom stereocenters. The minimum absolute atomic E-state index is 0.0244. The van der Waals surface area contributed by atoms with E-state index >= 15 is 0 Å². The van der Waals surface area contributed by atoms with E-state index in [1.165, 1.54) is 0 Å². The Kier molecular flexibility index (Phi) is 3.22. The van der Waals surface area contributed by atoms with Crippen LogP contribution in [-0.4, -0.2) is 10.9 Å². The van der Waals surface area contributed by atoms with Gasteiger partial charge in [0.1, 0.15) is 5.82 Å². The molecule has 0 bridgehead atoms. The lowest BCUT2D eigenvalue weighted by Gasteiger charge is -2.16. The highest BCUT2D eigenvalue weighted by Crippen LogP contribution is 2.51. The smallest absolute Gasteiger partial charge is 0.236 e. The molecular formula is C16H15ClN2O. The Hall–Kier alpha value is -1.87. The van der Waals surface area contributed by atoms with Crippen LogP contribution in [0.15, 0.2) is 42.6 Å². The van der Waals surface area contributed by atoms with Crippen LogP contribution in [0.25, 0.3) is 0 Å². The molecule has 4 heteroatoms. The Morgan fingerprint density at radius 3 is 2.70 bits per heavy atom. The minimum atomic E-state index is -0.482. The fraction of sp³-hybridized carbons (Fsp3) is 0.250. The first-order valence-corrected chi connectivity index (χ1v) is 6.99. The zero-order valence-corrected chi connectivity index (χ0v) is 11.9. The maximum Gasteiger partial charge on any atom is 0.236 e. The molecule has 1 fully saturated rings. The summed E-state index contributed by atoms with van der Waals surface area (Å²) >= 11 is 6.23. The second kappa shape index (κ2) is 4.91. The first-order chi connectivity index (χ1) is 9.62. The Labute approximate surface area is 123 Å². The standard InChI is InChI=1S/C16H15ClN2O/c1-11-6-9-18-14(10-11)19-15(20)16(7-8-16)12-4-2-3-5-13(12)17/h2-6,9-10H,7-8H2,1H3,(H,18,19,20). The van der Waals surface area contributed by atoms with E-state index in [9.17, 15) is 4.79 Å².